The van der Waals surface area contributed by atoms with Gasteiger partial charge in [0.25, 0.3) is 15.6 Å². The van der Waals surface area contributed by atoms with Crippen LogP contribution in [0.25, 0.3) is 22.0 Å². The smallest absolute Gasteiger partial charge is 0.336 e. The van der Waals surface area contributed by atoms with Crippen LogP contribution in [0.2, 0.25) is 0 Å². The molecule has 12 heteroatoms. The normalized spacial score (nSPS) is 11.7. The third-order valence-electron chi connectivity index (χ3n) is 6.83. The first-order valence-electron chi connectivity index (χ1n) is 12.9. The van der Waals surface area contributed by atoms with Crippen LogP contribution >= 0.6 is 11.3 Å². The van der Waals surface area contributed by atoms with Crippen LogP contribution in [-0.4, -0.2) is 34.2 Å². The zero-order valence-corrected chi connectivity index (χ0v) is 24.5. The van der Waals surface area contributed by atoms with Gasteiger partial charge in [-0.05, 0) is 56.5 Å². The number of nitrogens with one attached hydrogen (secondary N) is 1. The van der Waals surface area contributed by atoms with E-state index in [9.17, 15) is 23.1 Å². The minimum absolute atomic E-state index is 0.0742. The van der Waals surface area contributed by atoms with E-state index in [-0.39, 0.29) is 27.5 Å². The Labute approximate surface area is 240 Å². The highest BCUT2D eigenvalue weighted by Gasteiger charge is 2.25. The highest BCUT2D eigenvalue weighted by molar-refractivity contribution is 7.94. The number of thiophene rings is 1. The van der Waals surface area contributed by atoms with E-state index in [0.29, 0.717) is 40.2 Å². The molecule has 0 radical (unpaired) electrons. The van der Waals surface area contributed by atoms with Crippen molar-refractivity contribution in [2.24, 2.45) is 0 Å². The van der Waals surface area contributed by atoms with E-state index in [4.69, 9.17) is 4.52 Å². The molecular formula is C29H28N4O6S2. The Kier molecular flexibility index (Phi) is 7.54. The number of hydrogen-bond acceptors (Lipinski definition) is 8. The van der Waals surface area contributed by atoms with Gasteiger partial charge in [-0.1, -0.05) is 42.4 Å². The number of anilines is 1. The second-order valence-corrected chi connectivity index (χ2v) is 12.9. The number of fused-ring (bicyclic) bond motifs is 1. The number of nitrogens with zero attached hydrogens (tertiary/aromatic N) is 3. The summed E-state index contributed by atoms with van der Waals surface area (Å²) >= 11 is 1.16. The number of carbonyl (C=O) groups is 1. The average molecular weight is 593 g/mol. The predicted octanol–water partition coefficient (Wildman–Crippen LogP) is 5.54. The largest absolute Gasteiger partial charge is 0.478 e. The summed E-state index contributed by atoms with van der Waals surface area (Å²) in [5, 5.41) is 13.5. The van der Waals surface area contributed by atoms with Crippen LogP contribution in [0.3, 0.4) is 0 Å². The van der Waals surface area contributed by atoms with Gasteiger partial charge in [0.15, 0.2) is 5.82 Å². The number of rotatable bonds is 9. The number of aryl methyl sites for hydroxylation is 3. The number of hydrogen-bond donors (Lipinski definition) is 2. The van der Waals surface area contributed by atoms with Crippen LogP contribution in [0.15, 0.2) is 62.1 Å². The van der Waals surface area contributed by atoms with Crippen molar-refractivity contribution in [2.75, 3.05) is 4.72 Å². The van der Waals surface area contributed by atoms with Crippen molar-refractivity contribution in [3.05, 3.63) is 92.0 Å². The van der Waals surface area contributed by atoms with Crippen molar-refractivity contribution in [3.8, 4) is 11.1 Å². The maximum atomic E-state index is 13.6. The standard InChI is InChI=1S/C29H28N4O6S2/c1-5-7-24-30-23-9-6-8-21(28(35)36)25(23)27(34)33(24)15-19-10-12-20(13-11-19)22-14-16(2)40-29(22)41(37,38)32-26-17(3)18(4)39-31-26/h6,8-14H,5,7,15H2,1-4H3,(H,31,32)(H,35,36). The minimum Gasteiger partial charge on any atom is -0.478 e. The van der Waals surface area contributed by atoms with Crippen molar-refractivity contribution in [1.29, 1.82) is 0 Å². The lowest BCUT2D eigenvalue weighted by atomic mass is 10.1. The molecule has 0 amide bonds. The molecule has 2 N–H and O–H groups in total. The molecule has 3 aromatic heterocycles. The molecule has 0 unspecified atom stereocenters. The Morgan fingerprint density at radius 2 is 1.85 bits per heavy atom. The first-order valence-corrected chi connectivity index (χ1v) is 15.2. The van der Waals surface area contributed by atoms with Gasteiger partial charge in [-0.3, -0.25) is 14.1 Å². The Bertz CT molecular complexity index is 1950. The van der Waals surface area contributed by atoms with Gasteiger partial charge in [0.2, 0.25) is 0 Å². The first-order chi connectivity index (χ1) is 19.5. The predicted molar refractivity (Wildman–Crippen MR) is 157 cm³/mol. The third-order valence-corrected chi connectivity index (χ3v) is 9.75. The van der Waals surface area contributed by atoms with Crippen LogP contribution in [0.4, 0.5) is 5.82 Å². The summed E-state index contributed by atoms with van der Waals surface area (Å²) in [7, 11) is -3.94. The molecule has 3 heterocycles. The Morgan fingerprint density at radius 1 is 1.12 bits per heavy atom. The number of carboxylic acid groups (broad SMARTS) is 1. The summed E-state index contributed by atoms with van der Waals surface area (Å²) in [5.41, 5.74) is 2.50. The van der Waals surface area contributed by atoms with Crippen molar-refractivity contribution < 1.29 is 22.8 Å². The molecule has 0 saturated carbocycles. The summed E-state index contributed by atoms with van der Waals surface area (Å²) in [6, 6.07) is 13.7. The van der Waals surface area contributed by atoms with E-state index in [1.54, 1.807) is 26.0 Å². The topological polar surface area (TPSA) is 144 Å². The number of aromatic nitrogens is 3. The van der Waals surface area contributed by atoms with E-state index in [0.717, 1.165) is 28.2 Å². The second-order valence-electron chi connectivity index (χ2n) is 9.75. The van der Waals surface area contributed by atoms with Crippen LogP contribution in [0, 0.1) is 20.8 Å². The highest BCUT2D eigenvalue weighted by atomic mass is 32.2. The molecule has 2 aromatic carbocycles. The number of benzene rings is 2. The zero-order chi connectivity index (χ0) is 29.5. The summed E-state index contributed by atoms with van der Waals surface area (Å²) in [5.74, 6) is 0.0674. The van der Waals surface area contributed by atoms with E-state index in [2.05, 4.69) is 14.9 Å². The summed E-state index contributed by atoms with van der Waals surface area (Å²) in [6.07, 6.45) is 1.30. The molecule has 0 bridgehead atoms. The first kappa shape index (κ1) is 28.2. The van der Waals surface area contributed by atoms with Crippen molar-refractivity contribution >= 4 is 44.1 Å². The fourth-order valence-electron chi connectivity index (χ4n) is 4.62. The average Bonchev–Trinajstić information content (AvgIpc) is 3.48. The Morgan fingerprint density at radius 3 is 2.49 bits per heavy atom. The molecule has 0 aliphatic heterocycles. The number of carboxylic acids is 1. The van der Waals surface area contributed by atoms with Crippen LogP contribution in [-0.2, 0) is 23.0 Å². The summed E-state index contributed by atoms with van der Waals surface area (Å²) < 4.78 is 36.0. The maximum absolute atomic E-state index is 13.6. The molecule has 0 aliphatic rings. The van der Waals surface area contributed by atoms with Gasteiger partial charge in [0.05, 0.1) is 23.0 Å². The molecule has 5 rings (SSSR count). The minimum atomic E-state index is -3.94. The van der Waals surface area contributed by atoms with Gasteiger partial charge in [-0.2, -0.15) is 0 Å². The Hall–Kier alpha value is -4.29. The van der Waals surface area contributed by atoms with Crippen molar-refractivity contribution in [1.82, 2.24) is 14.7 Å². The molecule has 41 heavy (non-hydrogen) atoms. The molecule has 0 fully saturated rings. The molecular weight excluding hydrogens is 564 g/mol. The fourth-order valence-corrected chi connectivity index (χ4v) is 7.34. The summed E-state index contributed by atoms with van der Waals surface area (Å²) in [6.45, 7) is 7.45. The van der Waals surface area contributed by atoms with E-state index < -0.39 is 21.6 Å². The maximum Gasteiger partial charge on any atom is 0.336 e. The molecule has 10 nitrogen and oxygen atoms in total. The fraction of sp³-hybridized carbons (Fsp3) is 0.241. The zero-order valence-electron chi connectivity index (χ0n) is 22.9. The van der Waals surface area contributed by atoms with Gasteiger partial charge in [0, 0.05) is 22.4 Å². The van der Waals surface area contributed by atoms with E-state index in [1.807, 2.05) is 44.2 Å². The van der Waals surface area contributed by atoms with Gasteiger partial charge in [-0.15, -0.1) is 11.3 Å². The lowest BCUT2D eigenvalue weighted by molar-refractivity contribution is 0.0699. The highest BCUT2D eigenvalue weighted by Crippen LogP contribution is 2.36. The van der Waals surface area contributed by atoms with Crippen molar-refractivity contribution in [3.63, 3.8) is 0 Å². The second kappa shape index (κ2) is 10.9. The van der Waals surface area contributed by atoms with Crippen molar-refractivity contribution in [2.45, 2.75) is 51.3 Å². The number of sulfonamides is 1. The molecule has 0 atom stereocenters. The van der Waals surface area contributed by atoms with Gasteiger partial charge in [0.1, 0.15) is 15.8 Å². The van der Waals surface area contributed by atoms with Gasteiger partial charge in [-0.25, -0.2) is 18.2 Å². The van der Waals surface area contributed by atoms with Crippen LogP contribution in [0.1, 0.15) is 51.3 Å². The monoisotopic (exact) mass is 592 g/mol. The third kappa shape index (κ3) is 5.40. The molecule has 212 valence electrons. The molecule has 0 saturated heterocycles. The van der Waals surface area contributed by atoms with E-state index in [1.165, 1.54) is 10.6 Å². The molecule has 0 spiro atoms. The SMILES string of the molecule is CCCc1nc2cccc(C(=O)O)c2c(=O)n1Cc1ccc(-c2cc(C)sc2S(=O)(=O)Nc2noc(C)c2C)cc1. The lowest BCUT2D eigenvalue weighted by Gasteiger charge is -2.14. The Balaban J connectivity index is 1.50. The molecule has 5 aromatic rings. The summed E-state index contributed by atoms with van der Waals surface area (Å²) in [4.78, 5) is 30.8. The van der Waals surface area contributed by atoms with Crippen LogP contribution in [0.5, 0.6) is 0 Å². The quantitative estimate of drug-likeness (QED) is 0.227. The van der Waals surface area contributed by atoms with E-state index >= 15 is 0 Å². The lowest BCUT2D eigenvalue weighted by Crippen LogP contribution is -2.27. The van der Waals surface area contributed by atoms with Gasteiger partial charge >= 0.3 is 5.97 Å². The van der Waals surface area contributed by atoms with Crippen LogP contribution < -0.4 is 10.3 Å². The van der Waals surface area contributed by atoms with Gasteiger partial charge < -0.3 is 9.63 Å². The number of aromatic carboxylic acids is 1. The molecule has 0 aliphatic carbocycles.